The molecule has 0 aliphatic heterocycles. The topological polar surface area (TPSA) is 68.3 Å². The number of tetrazole rings is 1. The van der Waals surface area contributed by atoms with Crippen LogP contribution in [0.25, 0.3) is 5.65 Å². The number of benzene rings is 1. The minimum atomic E-state index is 0.580. The van der Waals surface area contributed by atoms with Gasteiger partial charge in [-0.25, -0.2) is 4.99 Å². The van der Waals surface area contributed by atoms with Gasteiger partial charge in [0.25, 0.3) is 0 Å². The fourth-order valence-corrected chi connectivity index (χ4v) is 1.62. The van der Waals surface area contributed by atoms with Crippen molar-refractivity contribution in [1.82, 2.24) is 25.3 Å². The van der Waals surface area contributed by atoms with E-state index in [-0.39, 0.29) is 0 Å². The molecule has 6 heteroatoms. The molecule has 3 aromatic rings. The lowest BCUT2D eigenvalue weighted by Crippen LogP contribution is -1.96. The van der Waals surface area contributed by atoms with Gasteiger partial charge in [-0.15, -0.1) is 14.8 Å². The van der Waals surface area contributed by atoms with Crippen LogP contribution < -0.4 is 0 Å². The molecular weight excluding hydrogens is 228 g/mol. The Balaban J connectivity index is 2.00. The second-order valence-electron chi connectivity index (χ2n) is 3.78. The highest BCUT2D eigenvalue weighted by Crippen LogP contribution is 2.10. The molecule has 18 heavy (non-hydrogen) atoms. The zero-order valence-electron chi connectivity index (χ0n) is 9.72. The Bertz CT molecular complexity index is 701. The van der Waals surface area contributed by atoms with E-state index in [4.69, 9.17) is 0 Å². The average molecular weight is 238 g/mol. The van der Waals surface area contributed by atoms with Gasteiger partial charge in [0.15, 0.2) is 11.5 Å². The van der Waals surface area contributed by atoms with Gasteiger partial charge >= 0.3 is 0 Å². The van der Waals surface area contributed by atoms with Crippen LogP contribution in [0.5, 0.6) is 0 Å². The normalized spacial score (nSPS) is 11.9. The Hall–Kier alpha value is -2.63. The van der Waals surface area contributed by atoms with Gasteiger partial charge in [-0.1, -0.05) is 30.3 Å². The fraction of sp³-hybridized carbons (Fsp3) is 0.0833. The van der Waals surface area contributed by atoms with Gasteiger partial charge in [0, 0.05) is 5.71 Å². The summed E-state index contributed by atoms with van der Waals surface area (Å²) in [6.45, 7) is 1.95. The first-order valence-electron chi connectivity index (χ1n) is 5.49. The predicted octanol–water partition coefficient (Wildman–Crippen LogP) is 1.66. The zero-order valence-corrected chi connectivity index (χ0v) is 9.72. The summed E-state index contributed by atoms with van der Waals surface area (Å²) in [4.78, 5) is 4.45. The van der Waals surface area contributed by atoms with Gasteiger partial charge in [-0.2, -0.15) is 0 Å². The van der Waals surface area contributed by atoms with Crippen molar-refractivity contribution in [2.24, 2.45) is 4.99 Å². The van der Waals surface area contributed by atoms with Gasteiger partial charge in [0.1, 0.15) is 0 Å². The minimum absolute atomic E-state index is 0.580. The van der Waals surface area contributed by atoms with E-state index in [1.54, 1.807) is 12.1 Å². The van der Waals surface area contributed by atoms with Gasteiger partial charge in [-0.05, 0) is 35.0 Å². The summed E-state index contributed by atoms with van der Waals surface area (Å²) < 4.78 is 1.36. The molecule has 0 radical (unpaired) electrons. The molecule has 0 bridgehead atoms. The third kappa shape index (κ3) is 1.95. The number of aliphatic imine (C=N–C) groups is 1. The standard InChI is InChI=1S/C12H10N6/c1-9(10-5-3-2-4-6-10)13-11-7-8-12-14-16-17-18(12)15-11/h2-8H,1H3. The van der Waals surface area contributed by atoms with Crippen molar-refractivity contribution in [3.8, 4) is 0 Å². The van der Waals surface area contributed by atoms with E-state index < -0.39 is 0 Å². The van der Waals surface area contributed by atoms with E-state index in [9.17, 15) is 0 Å². The van der Waals surface area contributed by atoms with Crippen LogP contribution in [-0.2, 0) is 0 Å². The fourth-order valence-electron chi connectivity index (χ4n) is 1.62. The second kappa shape index (κ2) is 4.33. The van der Waals surface area contributed by atoms with Crippen LogP contribution in [0.15, 0.2) is 47.5 Å². The van der Waals surface area contributed by atoms with E-state index in [2.05, 4.69) is 25.6 Å². The lowest BCUT2D eigenvalue weighted by molar-refractivity contribution is 0.734. The average Bonchev–Trinajstić information content (AvgIpc) is 2.87. The summed E-state index contributed by atoms with van der Waals surface area (Å²) >= 11 is 0. The first-order valence-corrected chi connectivity index (χ1v) is 5.49. The first kappa shape index (κ1) is 10.5. The molecule has 0 spiro atoms. The van der Waals surface area contributed by atoms with E-state index in [0.717, 1.165) is 11.3 Å². The van der Waals surface area contributed by atoms with Crippen molar-refractivity contribution in [2.75, 3.05) is 0 Å². The molecule has 6 nitrogen and oxygen atoms in total. The number of hydrogen-bond donors (Lipinski definition) is 0. The van der Waals surface area contributed by atoms with Crippen molar-refractivity contribution in [3.63, 3.8) is 0 Å². The van der Waals surface area contributed by atoms with Gasteiger partial charge < -0.3 is 0 Å². The monoisotopic (exact) mass is 238 g/mol. The highest BCUT2D eigenvalue weighted by Gasteiger charge is 2.01. The molecule has 0 N–H and O–H groups in total. The maximum absolute atomic E-state index is 4.45. The maximum Gasteiger partial charge on any atom is 0.200 e. The van der Waals surface area contributed by atoms with E-state index >= 15 is 0 Å². The quantitative estimate of drug-likeness (QED) is 0.637. The van der Waals surface area contributed by atoms with Crippen LogP contribution in [-0.4, -0.2) is 31.0 Å². The molecule has 0 unspecified atom stereocenters. The van der Waals surface area contributed by atoms with Crippen molar-refractivity contribution in [1.29, 1.82) is 0 Å². The van der Waals surface area contributed by atoms with Gasteiger partial charge in [0.2, 0.25) is 0 Å². The molecule has 0 aliphatic carbocycles. The highest BCUT2D eigenvalue weighted by molar-refractivity contribution is 5.99. The molecule has 0 saturated carbocycles. The van der Waals surface area contributed by atoms with Crippen molar-refractivity contribution >= 4 is 17.2 Å². The molecule has 2 heterocycles. The predicted molar refractivity (Wildman–Crippen MR) is 66.9 cm³/mol. The molecular formula is C12H10N6. The lowest BCUT2D eigenvalue weighted by Gasteiger charge is -1.99. The Labute approximate surface area is 103 Å². The van der Waals surface area contributed by atoms with Crippen LogP contribution >= 0.6 is 0 Å². The summed E-state index contributed by atoms with van der Waals surface area (Å²) in [5, 5.41) is 15.2. The van der Waals surface area contributed by atoms with Gasteiger partial charge in [-0.3, -0.25) is 0 Å². The molecule has 2 aromatic heterocycles. The Morgan fingerprint density at radius 1 is 1.11 bits per heavy atom. The molecule has 3 rings (SSSR count). The van der Waals surface area contributed by atoms with Crippen LogP contribution in [0.1, 0.15) is 12.5 Å². The molecule has 0 atom stereocenters. The largest absolute Gasteiger partial charge is 0.232 e. The molecule has 0 saturated heterocycles. The van der Waals surface area contributed by atoms with Crippen LogP contribution in [0.4, 0.5) is 5.82 Å². The molecule has 0 aliphatic rings. The number of hydrogen-bond acceptors (Lipinski definition) is 5. The Kier molecular flexibility index (Phi) is 2.53. The number of rotatable bonds is 2. The highest BCUT2D eigenvalue weighted by atomic mass is 15.6. The Morgan fingerprint density at radius 2 is 1.94 bits per heavy atom. The maximum atomic E-state index is 4.45. The minimum Gasteiger partial charge on any atom is -0.232 e. The van der Waals surface area contributed by atoms with Crippen LogP contribution in [0, 0.1) is 0 Å². The number of aromatic nitrogens is 5. The summed E-state index contributed by atoms with van der Waals surface area (Å²) in [7, 11) is 0. The molecule has 1 aromatic carbocycles. The van der Waals surface area contributed by atoms with E-state index in [0.29, 0.717) is 11.5 Å². The zero-order chi connectivity index (χ0) is 12.4. The number of fused-ring (bicyclic) bond motifs is 1. The summed E-state index contributed by atoms with van der Waals surface area (Å²) in [6, 6.07) is 13.5. The smallest absolute Gasteiger partial charge is 0.200 e. The van der Waals surface area contributed by atoms with Crippen LogP contribution in [0.2, 0.25) is 0 Å². The number of nitrogens with zero attached hydrogens (tertiary/aromatic N) is 6. The van der Waals surface area contributed by atoms with E-state index in [1.807, 2.05) is 37.3 Å². The summed E-state index contributed by atoms with van der Waals surface area (Å²) in [6.07, 6.45) is 0. The van der Waals surface area contributed by atoms with E-state index in [1.165, 1.54) is 4.63 Å². The van der Waals surface area contributed by atoms with Crippen molar-refractivity contribution in [2.45, 2.75) is 6.92 Å². The van der Waals surface area contributed by atoms with Crippen molar-refractivity contribution in [3.05, 3.63) is 48.0 Å². The summed E-state index contributed by atoms with van der Waals surface area (Å²) in [5.41, 5.74) is 2.57. The summed E-state index contributed by atoms with van der Waals surface area (Å²) in [5.74, 6) is 0.580. The molecule has 0 fully saturated rings. The third-order valence-corrected chi connectivity index (χ3v) is 2.53. The second-order valence-corrected chi connectivity index (χ2v) is 3.78. The SMILES string of the molecule is CC(=Nc1ccc2nnnn2n1)c1ccccc1. The molecule has 88 valence electrons. The third-order valence-electron chi connectivity index (χ3n) is 2.53. The molecule has 0 amide bonds. The lowest BCUT2D eigenvalue weighted by atomic mass is 10.1. The van der Waals surface area contributed by atoms with Crippen LogP contribution in [0.3, 0.4) is 0 Å². The Morgan fingerprint density at radius 3 is 2.78 bits per heavy atom. The van der Waals surface area contributed by atoms with Crippen molar-refractivity contribution < 1.29 is 0 Å². The van der Waals surface area contributed by atoms with Gasteiger partial charge in [0.05, 0.1) is 0 Å². The first-order chi connectivity index (χ1) is 8.83.